The third kappa shape index (κ3) is 1.59. The Morgan fingerprint density at radius 3 is 2.84 bits per heavy atom. The third-order valence-corrected chi connectivity index (χ3v) is 3.97. The number of aromatic amines is 2. The molecular formula is C14H9N3OS. The van der Waals surface area contributed by atoms with E-state index in [-0.39, 0.29) is 5.56 Å². The molecule has 4 rings (SSSR count). The van der Waals surface area contributed by atoms with Gasteiger partial charge in [0.25, 0.3) is 5.56 Å². The summed E-state index contributed by atoms with van der Waals surface area (Å²) in [7, 11) is 0. The number of para-hydroxylation sites is 2. The lowest BCUT2D eigenvalue weighted by Gasteiger charge is -1.96. The van der Waals surface area contributed by atoms with E-state index in [0.717, 1.165) is 21.3 Å². The van der Waals surface area contributed by atoms with Gasteiger partial charge in [-0.25, -0.2) is 4.98 Å². The van der Waals surface area contributed by atoms with E-state index in [1.165, 1.54) is 0 Å². The van der Waals surface area contributed by atoms with Crippen LogP contribution in [0.1, 0.15) is 0 Å². The molecular weight excluding hydrogens is 258 g/mol. The molecule has 0 radical (unpaired) electrons. The summed E-state index contributed by atoms with van der Waals surface area (Å²) >= 11 is 1.60. The van der Waals surface area contributed by atoms with Crippen molar-refractivity contribution in [3.8, 4) is 11.4 Å². The van der Waals surface area contributed by atoms with Crippen LogP contribution in [-0.4, -0.2) is 15.0 Å². The van der Waals surface area contributed by atoms with Crippen molar-refractivity contribution in [3.63, 3.8) is 0 Å². The Morgan fingerprint density at radius 2 is 1.95 bits per heavy atom. The predicted octanol–water partition coefficient (Wildman–Crippen LogP) is 3.13. The van der Waals surface area contributed by atoms with Gasteiger partial charge >= 0.3 is 0 Å². The van der Waals surface area contributed by atoms with Crippen LogP contribution < -0.4 is 5.56 Å². The topological polar surface area (TPSA) is 61.5 Å². The van der Waals surface area contributed by atoms with E-state index in [2.05, 4.69) is 15.0 Å². The molecule has 5 heteroatoms. The molecule has 3 heterocycles. The summed E-state index contributed by atoms with van der Waals surface area (Å²) in [6.07, 6.45) is 0. The fourth-order valence-electron chi connectivity index (χ4n) is 2.18. The highest BCUT2D eigenvalue weighted by Crippen LogP contribution is 2.23. The number of nitrogens with one attached hydrogen (secondary N) is 2. The smallest absolute Gasteiger partial charge is 0.259 e. The molecule has 0 unspecified atom stereocenters. The molecule has 0 fully saturated rings. The Bertz CT molecular complexity index is 915. The Balaban J connectivity index is 2.02. The van der Waals surface area contributed by atoms with Crippen molar-refractivity contribution in [3.05, 3.63) is 52.1 Å². The standard InChI is InChI=1S/C14H9N3OS/c18-14-8(7-12-11(17-14)5-6-19-12)13-15-9-3-1-2-4-10(9)16-13/h1-7H,(H,15,16)(H,17,18). The number of hydrogen-bond donors (Lipinski definition) is 2. The number of aromatic nitrogens is 3. The molecule has 0 aliphatic carbocycles. The van der Waals surface area contributed by atoms with Crippen molar-refractivity contribution in [2.45, 2.75) is 0 Å². The Morgan fingerprint density at radius 1 is 1.05 bits per heavy atom. The van der Waals surface area contributed by atoms with Crippen LogP contribution in [0.5, 0.6) is 0 Å². The molecule has 1 aromatic carbocycles. The average molecular weight is 267 g/mol. The van der Waals surface area contributed by atoms with E-state index >= 15 is 0 Å². The molecule has 0 bridgehead atoms. The zero-order chi connectivity index (χ0) is 12.8. The SMILES string of the molecule is O=c1[nH]c2ccsc2cc1-c1nc2ccccc2[nH]1. The largest absolute Gasteiger partial charge is 0.338 e. The van der Waals surface area contributed by atoms with Gasteiger partial charge in [0.2, 0.25) is 0 Å². The maximum atomic E-state index is 12.1. The number of imidazole rings is 1. The second-order valence-corrected chi connectivity index (χ2v) is 5.26. The van der Waals surface area contributed by atoms with E-state index in [4.69, 9.17) is 0 Å². The van der Waals surface area contributed by atoms with Gasteiger partial charge in [0, 0.05) is 0 Å². The van der Waals surface area contributed by atoms with Crippen LogP contribution in [-0.2, 0) is 0 Å². The molecule has 4 nitrogen and oxygen atoms in total. The summed E-state index contributed by atoms with van der Waals surface area (Å²) < 4.78 is 1.05. The van der Waals surface area contributed by atoms with Gasteiger partial charge in [0.15, 0.2) is 0 Å². The Labute approximate surface area is 111 Å². The lowest BCUT2D eigenvalue weighted by molar-refractivity contribution is 1.26. The van der Waals surface area contributed by atoms with Crippen LogP contribution in [0.15, 0.2) is 46.6 Å². The molecule has 19 heavy (non-hydrogen) atoms. The van der Waals surface area contributed by atoms with Crippen LogP contribution in [0.25, 0.3) is 32.6 Å². The molecule has 0 amide bonds. The number of fused-ring (bicyclic) bond motifs is 2. The second kappa shape index (κ2) is 3.80. The van der Waals surface area contributed by atoms with Crippen LogP contribution in [0.3, 0.4) is 0 Å². The highest BCUT2D eigenvalue weighted by molar-refractivity contribution is 7.17. The minimum absolute atomic E-state index is 0.120. The molecule has 0 saturated heterocycles. The number of benzene rings is 1. The van der Waals surface area contributed by atoms with Gasteiger partial charge in [-0.3, -0.25) is 4.79 Å². The summed E-state index contributed by atoms with van der Waals surface area (Å²) in [5.74, 6) is 0.609. The number of pyridine rings is 1. The van der Waals surface area contributed by atoms with Crippen molar-refractivity contribution >= 4 is 32.6 Å². The van der Waals surface area contributed by atoms with E-state index < -0.39 is 0 Å². The molecule has 0 atom stereocenters. The van der Waals surface area contributed by atoms with Crippen LogP contribution in [0, 0.1) is 0 Å². The fraction of sp³-hybridized carbons (Fsp3) is 0. The van der Waals surface area contributed by atoms with Crippen molar-refractivity contribution in [2.24, 2.45) is 0 Å². The summed E-state index contributed by atoms with van der Waals surface area (Å²) in [5.41, 5.74) is 3.12. The van der Waals surface area contributed by atoms with Gasteiger partial charge in [-0.05, 0) is 29.6 Å². The van der Waals surface area contributed by atoms with E-state index in [0.29, 0.717) is 11.4 Å². The molecule has 3 aromatic heterocycles. The number of H-pyrrole nitrogens is 2. The first kappa shape index (κ1) is 10.5. The first-order valence-corrected chi connectivity index (χ1v) is 6.75. The van der Waals surface area contributed by atoms with Gasteiger partial charge < -0.3 is 9.97 Å². The predicted molar refractivity (Wildman–Crippen MR) is 77.5 cm³/mol. The van der Waals surface area contributed by atoms with Crippen LogP contribution >= 0.6 is 11.3 Å². The van der Waals surface area contributed by atoms with Crippen LogP contribution in [0.2, 0.25) is 0 Å². The van der Waals surface area contributed by atoms with Crippen LogP contribution in [0.4, 0.5) is 0 Å². The minimum atomic E-state index is -0.120. The quantitative estimate of drug-likeness (QED) is 0.556. The lowest BCUT2D eigenvalue weighted by Crippen LogP contribution is -2.08. The third-order valence-electron chi connectivity index (χ3n) is 3.11. The highest BCUT2D eigenvalue weighted by Gasteiger charge is 2.10. The van der Waals surface area contributed by atoms with Gasteiger partial charge in [-0.2, -0.15) is 0 Å². The maximum Gasteiger partial charge on any atom is 0.259 e. The maximum absolute atomic E-state index is 12.1. The summed E-state index contributed by atoms with van der Waals surface area (Å²) in [6.45, 7) is 0. The molecule has 4 aromatic rings. The normalized spacial score (nSPS) is 11.4. The fourth-order valence-corrected chi connectivity index (χ4v) is 2.96. The molecule has 92 valence electrons. The van der Waals surface area contributed by atoms with Gasteiger partial charge in [-0.15, -0.1) is 11.3 Å². The van der Waals surface area contributed by atoms with Crippen molar-refractivity contribution in [2.75, 3.05) is 0 Å². The van der Waals surface area contributed by atoms with Crippen molar-refractivity contribution in [1.29, 1.82) is 0 Å². The molecule has 0 spiro atoms. The molecule has 0 aliphatic heterocycles. The molecule has 0 saturated carbocycles. The Hall–Kier alpha value is -2.40. The lowest BCUT2D eigenvalue weighted by atomic mass is 10.2. The number of hydrogen-bond acceptors (Lipinski definition) is 3. The number of nitrogens with zero attached hydrogens (tertiary/aromatic N) is 1. The van der Waals surface area contributed by atoms with Crippen molar-refractivity contribution < 1.29 is 0 Å². The van der Waals surface area contributed by atoms with Gasteiger partial charge in [0.05, 0.1) is 26.8 Å². The number of rotatable bonds is 1. The second-order valence-electron chi connectivity index (χ2n) is 4.31. The molecule has 2 N–H and O–H groups in total. The first-order chi connectivity index (χ1) is 9.31. The van der Waals surface area contributed by atoms with Gasteiger partial charge in [0.1, 0.15) is 5.82 Å². The van der Waals surface area contributed by atoms with E-state index in [1.54, 1.807) is 11.3 Å². The van der Waals surface area contributed by atoms with Gasteiger partial charge in [-0.1, -0.05) is 12.1 Å². The van der Waals surface area contributed by atoms with E-state index in [9.17, 15) is 4.79 Å². The Kier molecular flexibility index (Phi) is 2.10. The average Bonchev–Trinajstić information content (AvgIpc) is 3.02. The summed E-state index contributed by atoms with van der Waals surface area (Å²) in [5, 5.41) is 1.96. The number of thiophene rings is 1. The summed E-state index contributed by atoms with van der Waals surface area (Å²) in [6, 6.07) is 11.5. The van der Waals surface area contributed by atoms with Crippen molar-refractivity contribution in [1.82, 2.24) is 15.0 Å². The monoisotopic (exact) mass is 267 g/mol. The molecule has 0 aliphatic rings. The zero-order valence-electron chi connectivity index (χ0n) is 9.81. The first-order valence-electron chi connectivity index (χ1n) is 5.87. The highest BCUT2D eigenvalue weighted by atomic mass is 32.1. The minimum Gasteiger partial charge on any atom is -0.338 e. The summed E-state index contributed by atoms with van der Waals surface area (Å²) in [4.78, 5) is 22.6. The zero-order valence-corrected chi connectivity index (χ0v) is 10.6. The van der Waals surface area contributed by atoms with E-state index in [1.807, 2.05) is 41.8 Å².